The molecule has 41 heavy (non-hydrogen) atoms. The van der Waals surface area contributed by atoms with Gasteiger partial charge in [0.25, 0.3) is 0 Å². The van der Waals surface area contributed by atoms with E-state index < -0.39 is 0 Å². The Balaban J connectivity index is 1.69. The molecule has 216 valence electrons. The van der Waals surface area contributed by atoms with Crippen LogP contribution in [0.2, 0.25) is 0 Å². The van der Waals surface area contributed by atoms with Crippen molar-refractivity contribution in [1.29, 1.82) is 0 Å². The molecule has 4 rings (SSSR count). The number of aliphatic hydroxyl groups excluding tert-OH is 2. The Kier molecular flexibility index (Phi) is 9.92. The summed E-state index contributed by atoms with van der Waals surface area (Å²) in [6.07, 6.45) is 2.00. The molecule has 2 N–H and O–H groups in total. The summed E-state index contributed by atoms with van der Waals surface area (Å²) < 4.78 is 22.5. The zero-order valence-electron chi connectivity index (χ0n) is 24.8. The summed E-state index contributed by atoms with van der Waals surface area (Å²) >= 11 is 0. The molecule has 0 saturated heterocycles. The van der Waals surface area contributed by atoms with Crippen LogP contribution in [0.15, 0.2) is 60.7 Å². The summed E-state index contributed by atoms with van der Waals surface area (Å²) in [4.78, 5) is 0. The fraction of sp³-hybridized carbons (Fsp3) is 0.314. The van der Waals surface area contributed by atoms with Crippen molar-refractivity contribution in [2.45, 2.75) is 46.3 Å². The Morgan fingerprint density at radius 2 is 1.12 bits per heavy atom. The van der Waals surface area contributed by atoms with Gasteiger partial charge in [-0.15, -0.1) is 0 Å². The predicted octanol–water partition coefficient (Wildman–Crippen LogP) is 6.09. The Hall–Kier alpha value is -4.00. The molecule has 4 aromatic rings. The van der Waals surface area contributed by atoms with Gasteiger partial charge in [0, 0.05) is 18.9 Å². The molecule has 0 atom stereocenters. The Bertz CT molecular complexity index is 1390. The van der Waals surface area contributed by atoms with Crippen molar-refractivity contribution in [3.8, 4) is 23.0 Å². The number of rotatable bonds is 12. The first-order chi connectivity index (χ1) is 19.8. The minimum absolute atomic E-state index is 0.0338. The summed E-state index contributed by atoms with van der Waals surface area (Å²) in [5.74, 6) is 3.13. The van der Waals surface area contributed by atoms with Crippen LogP contribution in [0.1, 0.15) is 55.6 Å². The molecule has 0 aliphatic rings. The third-order valence-corrected chi connectivity index (χ3v) is 7.60. The van der Waals surface area contributed by atoms with E-state index in [0.717, 1.165) is 79.5 Å². The lowest BCUT2D eigenvalue weighted by molar-refractivity contribution is 0.280. The van der Waals surface area contributed by atoms with Gasteiger partial charge < -0.3 is 29.2 Å². The zero-order valence-corrected chi connectivity index (χ0v) is 24.8. The van der Waals surface area contributed by atoms with Crippen molar-refractivity contribution >= 4 is 0 Å². The van der Waals surface area contributed by atoms with Crippen LogP contribution in [0.25, 0.3) is 0 Å². The van der Waals surface area contributed by atoms with E-state index >= 15 is 0 Å². The Morgan fingerprint density at radius 1 is 0.512 bits per heavy atom. The fourth-order valence-electron chi connectivity index (χ4n) is 5.59. The van der Waals surface area contributed by atoms with E-state index in [1.54, 1.807) is 28.4 Å². The third-order valence-electron chi connectivity index (χ3n) is 7.60. The van der Waals surface area contributed by atoms with Crippen LogP contribution in [0.4, 0.5) is 0 Å². The smallest absolute Gasteiger partial charge is 0.126 e. The van der Waals surface area contributed by atoms with E-state index in [1.165, 1.54) is 5.56 Å². The lowest BCUT2D eigenvalue weighted by Gasteiger charge is -2.18. The van der Waals surface area contributed by atoms with Crippen molar-refractivity contribution in [3.05, 3.63) is 116 Å². The zero-order chi connectivity index (χ0) is 29.5. The first kappa shape index (κ1) is 30.0. The molecule has 0 saturated carbocycles. The quantitative estimate of drug-likeness (QED) is 0.220. The van der Waals surface area contributed by atoms with Crippen LogP contribution in [-0.2, 0) is 32.5 Å². The van der Waals surface area contributed by atoms with Gasteiger partial charge in [-0.1, -0.05) is 42.5 Å². The predicted molar refractivity (Wildman–Crippen MR) is 162 cm³/mol. The van der Waals surface area contributed by atoms with Gasteiger partial charge in [0.05, 0.1) is 41.7 Å². The lowest BCUT2D eigenvalue weighted by atomic mass is 9.90. The second kappa shape index (κ2) is 13.6. The Morgan fingerprint density at radius 3 is 1.73 bits per heavy atom. The van der Waals surface area contributed by atoms with Crippen molar-refractivity contribution in [2.24, 2.45) is 0 Å². The normalized spacial score (nSPS) is 10.9. The second-order valence-electron chi connectivity index (χ2n) is 10.3. The number of aryl methyl sites for hydroxylation is 2. The van der Waals surface area contributed by atoms with Crippen LogP contribution in [0.5, 0.6) is 23.0 Å². The summed E-state index contributed by atoms with van der Waals surface area (Å²) in [7, 11) is 6.67. The van der Waals surface area contributed by atoms with Gasteiger partial charge in [-0.3, -0.25) is 0 Å². The van der Waals surface area contributed by atoms with Gasteiger partial charge in [-0.05, 0) is 88.0 Å². The standard InChI is InChI=1S/C35H40O6/c1-22-11-25(14-29(32(22)21-37)17-27-8-7-24(20-36)16-33(27)39-4)13-26-12-23(2)35(41-6)30(15-26)18-28-9-10-31(38-3)19-34(28)40-5/h7-12,14-16,19,36-37H,13,17-18,20-21H2,1-6H3. The molecule has 0 spiro atoms. The van der Waals surface area contributed by atoms with E-state index in [9.17, 15) is 10.2 Å². The van der Waals surface area contributed by atoms with E-state index in [-0.39, 0.29) is 13.2 Å². The molecule has 6 heteroatoms. The van der Waals surface area contributed by atoms with Gasteiger partial charge in [-0.2, -0.15) is 0 Å². The highest BCUT2D eigenvalue weighted by molar-refractivity contribution is 5.51. The highest BCUT2D eigenvalue weighted by Gasteiger charge is 2.16. The minimum Gasteiger partial charge on any atom is -0.497 e. The molecule has 0 heterocycles. The molecule has 4 aromatic carbocycles. The molecule has 0 aliphatic carbocycles. The fourth-order valence-corrected chi connectivity index (χ4v) is 5.59. The number of benzene rings is 4. The molecule has 0 amide bonds. The maximum Gasteiger partial charge on any atom is 0.126 e. The van der Waals surface area contributed by atoms with Crippen LogP contribution in [0, 0.1) is 13.8 Å². The molecule has 6 nitrogen and oxygen atoms in total. The van der Waals surface area contributed by atoms with Gasteiger partial charge in [-0.25, -0.2) is 0 Å². The summed E-state index contributed by atoms with van der Waals surface area (Å²) in [6, 6.07) is 20.4. The molecular formula is C35H40O6. The number of ether oxygens (including phenoxy) is 4. The molecule has 0 unspecified atom stereocenters. The SMILES string of the molecule is COc1ccc(Cc2cc(Cc3cc(C)c(CO)c(Cc4ccc(CO)cc4OC)c3)cc(C)c2OC)c(OC)c1. The van der Waals surface area contributed by atoms with Crippen LogP contribution in [-0.4, -0.2) is 38.7 Å². The topological polar surface area (TPSA) is 77.4 Å². The van der Waals surface area contributed by atoms with E-state index in [4.69, 9.17) is 18.9 Å². The summed E-state index contributed by atoms with van der Waals surface area (Å²) in [5, 5.41) is 19.7. The number of aliphatic hydroxyl groups is 2. The summed E-state index contributed by atoms with van der Waals surface area (Å²) in [6.45, 7) is 4.05. The number of hydrogen-bond acceptors (Lipinski definition) is 6. The average Bonchev–Trinajstić information content (AvgIpc) is 2.97. The maximum absolute atomic E-state index is 10.2. The largest absolute Gasteiger partial charge is 0.497 e. The molecular weight excluding hydrogens is 516 g/mol. The monoisotopic (exact) mass is 556 g/mol. The van der Waals surface area contributed by atoms with E-state index in [1.807, 2.05) is 43.3 Å². The molecule has 0 aromatic heterocycles. The molecule has 0 fully saturated rings. The second-order valence-corrected chi connectivity index (χ2v) is 10.3. The molecule has 0 aliphatic heterocycles. The molecule has 0 radical (unpaired) electrons. The highest BCUT2D eigenvalue weighted by Crippen LogP contribution is 2.33. The van der Waals surface area contributed by atoms with Gasteiger partial charge in [0.2, 0.25) is 0 Å². The number of hydrogen-bond donors (Lipinski definition) is 2. The minimum atomic E-state index is -0.0400. The summed E-state index contributed by atoms with van der Waals surface area (Å²) in [5.41, 5.74) is 10.4. The van der Waals surface area contributed by atoms with Crippen LogP contribution in [0.3, 0.4) is 0 Å². The van der Waals surface area contributed by atoms with Crippen LogP contribution < -0.4 is 18.9 Å². The lowest BCUT2D eigenvalue weighted by Crippen LogP contribution is -2.04. The number of methoxy groups -OCH3 is 4. The van der Waals surface area contributed by atoms with Crippen molar-refractivity contribution in [2.75, 3.05) is 28.4 Å². The maximum atomic E-state index is 10.2. The van der Waals surface area contributed by atoms with Crippen molar-refractivity contribution < 1.29 is 29.2 Å². The average molecular weight is 557 g/mol. The van der Waals surface area contributed by atoms with Crippen LogP contribution >= 0.6 is 0 Å². The Labute approximate surface area is 243 Å². The van der Waals surface area contributed by atoms with Gasteiger partial charge in [0.15, 0.2) is 0 Å². The first-order valence-electron chi connectivity index (χ1n) is 13.7. The third kappa shape index (κ3) is 6.84. The highest BCUT2D eigenvalue weighted by atomic mass is 16.5. The van der Waals surface area contributed by atoms with Gasteiger partial charge in [0.1, 0.15) is 23.0 Å². The van der Waals surface area contributed by atoms with Crippen molar-refractivity contribution in [3.63, 3.8) is 0 Å². The first-order valence-corrected chi connectivity index (χ1v) is 13.7. The van der Waals surface area contributed by atoms with E-state index in [2.05, 4.69) is 31.2 Å². The van der Waals surface area contributed by atoms with Crippen molar-refractivity contribution in [1.82, 2.24) is 0 Å². The van der Waals surface area contributed by atoms with Gasteiger partial charge >= 0.3 is 0 Å². The van der Waals surface area contributed by atoms with E-state index in [0.29, 0.717) is 12.8 Å². The molecule has 0 bridgehead atoms.